The summed E-state index contributed by atoms with van der Waals surface area (Å²) in [5, 5.41) is 0. The summed E-state index contributed by atoms with van der Waals surface area (Å²) in [7, 11) is 0. The van der Waals surface area contributed by atoms with E-state index >= 15 is 0 Å². The Balaban J connectivity index is 3.15. The molecule has 1 rings (SSSR count). The van der Waals surface area contributed by atoms with Gasteiger partial charge < -0.3 is 0 Å². The highest BCUT2D eigenvalue weighted by Crippen LogP contribution is 2.25. The summed E-state index contributed by atoms with van der Waals surface area (Å²) >= 11 is 0. The summed E-state index contributed by atoms with van der Waals surface area (Å²) in [5.74, 6) is 6.25. The molecule has 0 aromatic heterocycles. The van der Waals surface area contributed by atoms with E-state index in [-0.39, 0.29) is 0 Å². The van der Waals surface area contributed by atoms with Gasteiger partial charge in [-0.2, -0.15) is 0 Å². The SMILES string of the molecule is C=C/C(C#CC(/C=C\C)=C1\C=CCC1=C)=C\N=CC. The van der Waals surface area contributed by atoms with Crippen molar-refractivity contribution in [2.75, 3.05) is 0 Å². The van der Waals surface area contributed by atoms with E-state index in [4.69, 9.17) is 0 Å². The minimum absolute atomic E-state index is 0.799. The molecule has 0 aliphatic heterocycles. The number of hydrogen-bond acceptors (Lipinski definition) is 1. The predicted molar refractivity (Wildman–Crippen MR) is 85.0 cm³/mol. The summed E-state index contributed by atoms with van der Waals surface area (Å²) in [4.78, 5) is 4.05. The van der Waals surface area contributed by atoms with Gasteiger partial charge in [0.1, 0.15) is 0 Å². The number of hydrogen-bond donors (Lipinski definition) is 0. The van der Waals surface area contributed by atoms with Gasteiger partial charge in [-0.05, 0) is 31.4 Å². The van der Waals surface area contributed by atoms with E-state index in [2.05, 4.69) is 42.1 Å². The lowest BCUT2D eigenvalue weighted by Gasteiger charge is -2.00. The van der Waals surface area contributed by atoms with Crippen LogP contribution in [0.5, 0.6) is 0 Å². The Morgan fingerprint density at radius 2 is 2.16 bits per heavy atom. The highest BCUT2D eigenvalue weighted by Gasteiger charge is 2.07. The van der Waals surface area contributed by atoms with Crippen LogP contribution in [-0.4, -0.2) is 6.21 Å². The van der Waals surface area contributed by atoms with Crippen LogP contribution in [0.25, 0.3) is 0 Å². The van der Waals surface area contributed by atoms with Crippen LogP contribution in [0.3, 0.4) is 0 Å². The third-order valence-corrected chi connectivity index (χ3v) is 2.58. The number of rotatable bonds is 3. The Bertz CT molecular complexity index is 567. The smallest absolute Gasteiger partial charge is 0.0425 e. The monoisotopic (exact) mass is 249 g/mol. The zero-order valence-electron chi connectivity index (χ0n) is 11.6. The molecule has 0 unspecified atom stereocenters. The quantitative estimate of drug-likeness (QED) is 0.395. The van der Waals surface area contributed by atoms with E-state index in [1.165, 1.54) is 0 Å². The first-order valence-electron chi connectivity index (χ1n) is 6.27. The van der Waals surface area contributed by atoms with E-state index in [1.54, 1.807) is 18.5 Å². The molecule has 1 nitrogen and oxygen atoms in total. The molecule has 0 fully saturated rings. The molecule has 0 N–H and O–H groups in total. The molecule has 0 atom stereocenters. The van der Waals surface area contributed by atoms with Gasteiger partial charge in [0, 0.05) is 23.6 Å². The van der Waals surface area contributed by atoms with Crippen LogP contribution in [0.4, 0.5) is 0 Å². The molecule has 0 aromatic carbocycles. The topological polar surface area (TPSA) is 12.4 Å². The Kier molecular flexibility index (Phi) is 6.12. The molecule has 1 aliphatic rings. The van der Waals surface area contributed by atoms with Gasteiger partial charge in [-0.25, -0.2) is 0 Å². The maximum Gasteiger partial charge on any atom is 0.0425 e. The van der Waals surface area contributed by atoms with Gasteiger partial charge in [-0.3, -0.25) is 4.99 Å². The first-order valence-corrected chi connectivity index (χ1v) is 6.27. The second-order valence-electron chi connectivity index (χ2n) is 3.98. The number of nitrogens with zero attached hydrogens (tertiary/aromatic N) is 1. The summed E-state index contributed by atoms with van der Waals surface area (Å²) in [5.41, 5.74) is 4.01. The minimum atomic E-state index is 0.799. The van der Waals surface area contributed by atoms with E-state index in [0.717, 1.165) is 28.7 Å². The summed E-state index contributed by atoms with van der Waals surface area (Å²) in [6.45, 7) is 11.6. The molecule has 0 aromatic rings. The van der Waals surface area contributed by atoms with E-state index in [9.17, 15) is 0 Å². The van der Waals surface area contributed by atoms with Crippen LogP contribution in [0.2, 0.25) is 0 Å². The fourth-order valence-corrected chi connectivity index (χ4v) is 1.62. The molecule has 19 heavy (non-hydrogen) atoms. The van der Waals surface area contributed by atoms with Gasteiger partial charge >= 0.3 is 0 Å². The van der Waals surface area contributed by atoms with Gasteiger partial charge in [0.25, 0.3) is 0 Å². The number of allylic oxidation sites excluding steroid dienone is 9. The van der Waals surface area contributed by atoms with Crippen molar-refractivity contribution in [2.24, 2.45) is 4.99 Å². The summed E-state index contributed by atoms with van der Waals surface area (Å²) in [6.07, 6.45) is 14.2. The fraction of sp³-hybridized carbons (Fsp3) is 0.167. The van der Waals surface area contributed by atoms with Crippen LogP contribution >= 0.6 is 0 Å². The Morgan fingerprint density at radius 3 is 2.68 bits per heavy atom. The molecule has 0 saturated heterocycles. The Hall–Kier alpha value is -2.33. The molecule has 0 saturated carbocycles. The van der Waals surface area contributed by atoms with Crippen molar-refractivity contribution in [3.05, 3.63) is 72.0 Å². The van der Waals surface area contributed by atoms with Crippen molar-refractivity contribution >= 4 is 6.21 Å². The highest BCUT2D eigenvalue weighted by molar-refractivity contribution is 5.59. The average molecular weight is 249 g/mol. The van der Waals surface area contributed by atoms with Crippen LogP contribution in [0.1, 0.15) is 20.3 Å². The second-order valence-corrected chi connectivity index (χ2v) is 3.98. The fourth-order valence-electron chi connectivity index (χ4n) is 1.62. The van der Waals surface area contributed by atoms with E-state index in [0.29, 0.717) is 0 Å². The van der Waals surface area contributed by atoms with Crippen molar-refractivity contribution in [3.63, 3.8) is 0 Å². The van der Waals surface area contributed by atoms with Crippen molar-refractivity contribution in [1.29, 1.82) is 0 Å². The molecule has 0 spiro atoms. The van der Waals surface area contributed by atoms with Gasteiger partial charge in [0.15, 0.2) is 0 Å². The van der Waals surface area contributed by atoms with Gasteiger partial charge in [-0.15, -0.1) is 0 Å². The summed E-state index contributed by atoms with van der Waals surface area (Å²) in [6, 6.07) is 0. The lowest BCUT2D eigenvalue weighted by molar-refractivity contribution is 1.33. The summed E-state index contributed by atoms with van der Waals surface area (Å²) < 4.78 is 0. The van der Waals surface area contributed by atoms with Crippen molar-refractivity contribution in [3.8, 4) is 11.8 Å². The van der Waals surface area contributed by atoms with Gasteiger partial charge in [-0.1, -0.05) is 55.4 Å². The second kappa shape index (κ2) is 7.89. The minimum Gasteiger partial charge on any atom is -0.268 e. The van der Waals surface area contributed by atoms with Crippen LogP contribution < -0.4 is 0 Å². The van der Waals surface area contributed by atoms with Crippen molar-refractivity contribution in [1.82, 2.24) is 0 Å². The predicted octanol–water partition coefficient (Wildman–Crippen LogP) is 4.54. The van der Waals surface area contributed by atoms with Crippen LogP contribution in [0, 0.1) is 11.8 Å². The first kappa shape index (κ1) is 14.7. The molecule has 0 amide bonds. The first-order chi connectivity index (χ1) is 9.22. The number of aliphatic imine (C=N–C) groups is 1. The lowest BCUT2D eigenvalue weighted by atomic mass is 10.0. The molecule has 0 radical (unpaired) electrons. The van der Waals surface area contributed by atoms with Crippen LogP contribution in [0.15, 0.2) is 77.0 Å². The van der Waals surface area contributed by atoms with E-state index in [1.807, 2.05) is 26.0 Å². The Labute approximate surface area is 116 Å². The van der Waals surface area contributed by atoms with Gasteiger partial charge in [0.2, 0.25) is 0 Å². The third-order valence-electron chi connectivity index (χ3n) is 2.58. The van der Waals surface area contributed by atoms with Crippen LogP contribution in [-0.2, 0) is 0 Å². The Morgan fingerprint density at radius 1 is 1.37 bits per heavy atom. The van der Waals surface area contributed by atoms with E-state index < -0.39 is 0 Å². The maximum atomic E-state index is 4.06. The zero-order valence-corrected chi connectivity index (χ0v) is 11.6. The maximum absolute atomic E-state index is 4.06. The molecule has 1 aliphatic carbocycles. The highest BCUT2D eigenvalue weighted by atomic mass is 14.7. The largest absolute Gasteiger partial charge is 0.268 e. The average Bonchev–Trinajstić information content (AvgIpc) is 2.84. The lowest BCUT2D eigenvalue weighted by Crippen LogP contribution is -1.84. The molecule has 0 heterocycles. The standard InChI is InChI=1S/C18H19N/c1-5-9-17(18-11-8-10-15(18)4)13-12-16(6-2)14-19-7-3/h5-9,11,14H,2,4,10H2,1,3H3/b9-5-,16-14+,18-17+,19-7?. The van der Waals surface area contributed by atoms with Gasteiger partial charge in [0.05, 0.1) is 0 Å². The molecule has 0 bridgehead atoms. The van der Waals surface area contributed by atoms with Crippen molar-refractivity contribution < 1.29 is 0 Å². The molecule has 96 valence electrons. The zero-order chi connectivity index (χ0) is 14.1. The molecular weight excluding hydrogens is 230 g/mol. The molecule has 1 heteroatoms. The molecular formula is C18H19N. The normalized spacial score (nSPS) is 18.0. The van der Waals surface area contributed by atoms with Crippen molar-refractivity contribution in [2.45, 2.75) is 20.3 Å². The third kappa shape index (κ3) is 4.44.